The molecule has 1 saturated carbocycles. The summed E-state index contributed by atoms with van der Waals surface area (Å²) < 4.78 is 1.74. The zero-order valence-corrected chi connectivity index (χ0v) is 17.1. The van der Waals surface area contributed by atoms with Gasteiger partial charge in [-0.1, -0.05) is 11.3 Å². The standard InChI is InChI=1S/C21H24N6OS/c28-20-10-18(17-2-1-7-22-11-17)23-14-27(20)12-15-5-8-26(9-6-15)13-19-24-25-21(29-19)16-3-4-16/h1-2,7,10-11,14-16H,3-6,8-9,12-13H2. The Kier molecular flexibility index (Phi) is 5.20. The summed E-state index contributed by atoms with van der Waals surface area (Å²) in [6.45, 7) is 3.72. The third-order valence-electron chi connectivity index (χ3n) is 5.77. The van der Waals surface area contributed by atoms with Gasteiger partial charge in [-0.2, -0.15) is 0 Å². The van der Waals surface area contributed by atoms with Crippen LogP contribution in [-0.4, -0.2) is 42.7 Å². The van der Waals surface area contributed by atoms with E-state index in [-0.39, 0.29) is 5.56 Å². The number of pyridine rings is 1. The molecule has 0 bridgehead atoms. The first-order valence-corrected chi connectivity index (χ1v) is 11.1. The summed E-state index contributed by atoms with van der Waals surface area (Å²) in [6.07, 6.45) is 9.85. The fourth-order valence-electron chi connectivity index (χ4n) is 3.86. The Morgan fingerprint density at radius 3 is 2.72 bits per heavy atom. The lowest BCUT2D eigenvalue weighted by Gasteiger charge is -2.31. The second kappa shape index (κ2) is 8.12. The van der Waals surface area contributed by atoms with Crippen LogP contribution in [0.2, 0.25) is 0 Å². The number of piperidine rings is 1. The summed E-state index contributed by atoms with van der Waals surface area (Å²) in [5.41, 5.74) is 1.55. The van der Waals surface area contributed by atoms with Crippen LogP contribution in [0.3, 0.4) is 0 Å². The van der Waals surface area contributed by atoms with Crippen LogP contribution in [0.4, 0.5) is 0 Å². The summed E-state index contributed by atoms with van der Waals surface area (Å²) in [5.74, 6) is 1.19. The number of nitrogens with zero attached hydrogens (tertiary/aromatic N) is 6. The van der Waals surface area contributed by atoms with E-state index in [9.17, 15) is 4.79 Å². The minimum atomic E-state index is 0.00254. The van der Waals surface area contributed by atoms with Crippen LogP contribution in [0.25, 0.3) is 11.3 Å². The summed E-state index contributed by atoms with van der Waals surface area (Å²) in [7, 11) is 0. The molecule has 4 heterocycles. The van der Waals surface area contributed by atoms with Crippen molar-refractivity contribution < 1.29 is 0 Å². The lowest BCUT2D eigenvalue weighted by Crippen LogP contribution is -2.36. The molecule has 3 aromatic heterocycles. The second-order valence-corrected chi connectivity index (χ2v) is 9.13. The third-order valence-corrected chi connectivity index (χ3v) is 6.84. The average Bonchev–Trinajstić information content (AvgIpc) is 3.51. The van der Waals surface area contributed by atoms with Crippen molar-refractivity contribution in [3.05, 3.63) is 57.3 Å². The molecule has 0 spiro atoms. The van der Waals surface area contributed by atoms with Gasteiger partial charge in [0.15, 0.2) is 0 Å². The summed E-state index contributed by atoms with van der Waals surface area (Å²) in [6, 6.07) is 5.38. The summed E-state index contributed by atoms with van der Waals surface area (Å²) in [4.78, 5) is 23.6. The van der Waals surface area contributed by atoms with Gasteiger partial charge in [0.05, 0.1) is 18.6 Å². The van der Waals surface area contributed by atoms with Crippen LogP contribution >= 0.6 is 11.3 Å². The van der Waals surface area contributed by atoms with Gasteiger partial charge in [0, 0.05) is 36.5 Å². The highest BCUT2D eigenvalue weighted by molar-refractivity contribution is 7.11. The van der Waals surface area contributed by atoms with Gasteiger partial charge in [-0.15, -0.1) is 10.2 Å². The molecule has 150 valence electrons. The predicted molar refractivity (Wildman–Crippen MR) is 112 cm³/mol. The van der Waals surface area contributed by atoms with E-state index in [1.165, 1.54) is 17.8 Å². The van der Waals surface area contributed by atoms with Crippen LogP contribution in [0.1, 0.15) is 41.6 Å². The molecule has 8 heteroatoms. The summed E-state index contributed by atoms with van der Waals surface area (Å²) in [5, 5.41) is 11.1. The second-order valence-electron chi connectivity index (χ2n) is 8.03. The molecule has 2 fully saturated rings. The third kappa shape index (κ3) is 4.43. The van der Waals surface area contributed by atoms with Crippen molar-refractivity contribution >= 4 is 11.3 Å². The van der Waals surface area contributed by atoms with E-state index in [0.717, 1.165) is 49.6 Å². The first kappa shape index (κ1) is 18.6. The molecule has 0 amide bonds. The Hall–Kier alpha value is -2.45. The number of hydrogen-bond acceptors (Lipinski definition) is 7. The van der Waals surface area contributed by atoms with E-state index < -0.39 is 0 Å². The summed E-state index contributed by atoms with van der Waals surface area (Å²) >= 11 is 1.78. The maximum atomic E-state index is 12.5. The van der Waals surface area contributed by atoms with E-state index in [2.05, 4.69) is 25.1 Å². The maximum absolute atomic E-state index is 12.5. The van der Waals surface area contributed by atoms with Crippen LogP contribution in [-0.2, 0) is 13.1 Å². The number of aromatic nitrogens is 5. The van der Waals surface area contributed by atoms with Gasteiger partial charge in [-0.3, -0.25) is 19.2 Å². The van der Waals surface area contributed by atoms with E-state index in [4.69, 9.17) is 0 Å². The van der Waals surface area contributed by atoms with Gasteiger partial charge in [-0.25, -0.2) is 4.98 Å². The highest BCUT2D eigenvalue weighted by Crippen LogP contribution is 2.41. The lowest BCUT2D eigenvalue weighted by molar-refractivity contribution is 0.166. The Bertz CT molecular complexity index is 1020. The predicted octanol–water partition coefficient (Wildman–Crippen LogP) is 2.95. The van der Waals surface area contributed by atoms with Crippen molar-refractivity contribution in [2.24, 2.45) is 5.92 Å². The average molecular weight is 409 g/mol. The molecule has 3 aromatic rings. The zero-order chi connectivity index (χ0) is 19.6. The van der Waals surface area contributed by atoms with Crippen molar-refractivity contribution in [3.8, 4) is 11.3 Å². The van der Waals surface area contributed by atoms with E-state index >= 15 is 0 Å². The molecule has 1 saturated heterocycles. The molecule has 0 N–H and O–H groups in total. The van der Waals surface area contributed by atoms with Gasteiger partial charge in [0.1, 0.15) is 10.0 Å². The van der Waals surface area contributed by atoms with Gasteiger partial charge >= 0.3 is 0 Å². The zero-order valence-electron chi connectivity index (χ0n) is 16.3. The fraction of sp³-hybridized carbons (Fsp3) is 0.476. The molecule has 5 rings (SSSR count). The molecule has 7 nitrogen and oxygen atoms in total. The van der Waals surface area contributed by atoms with Crippen LogP contribution in [0, 0.1) is 5.92 Å². The van der Waals surface area contributed by atoms with Gasteiger partial charge in [0.25, 0.3) is 5.56 Å². The van der Waals surface area contributed by atoms with Crippen LogP contribution in [0.5, 0.6) is 0 Å². The Balaban J connectivity index is 1.16. The van der Waals surface area contributed by atoms with E-state index in [1.54, 1.807) is 40.7 Å². The Morgan fingerprint density at radius 2 is 2.00 bits per heavy atom. The maximum Gasteiger partial charge on any atom is 0.253 e. The largest absolute Gasteiger partial charge is 0.299 e. The minimum absolute atomic E-state index is 0.00254. The number of hydrogen-bond donors (Lipinski definition) is 0. The van der Waals surface area contributed by atoms with Crippen molar-refractivity contribution in [3.63, 3.8) is 0 Å². The monoisotopic (exact) mass is 408 g/mol. The molecule has 1 aliphatic carbocycles. The SMILES string of the molecule is O=c1cc(-c2cccnc2)ncn1CC1CCN(Cc2nnc(C3CC3)s2)CC1. The quantitative estimate of drug-likeness (QED) is 0.624. The molecule has 0 unspecified atom stereocenters. The first-order valence-electron chi connectivity index (χ1n) is 10.3. The van der Waals surface area contributed by atoms with E-state index in [0.29, 0.717) is 17.5 Å². The molecule has 0 radical (unpaired) electrons. The Morgan fingerprint density at radius 1 is 1.14 bits per heavy atom. The highest BCUT2D eigenvalue weighted by atomic mass is 32.1. The smallest absolute Gasteiger partial charge is 0.253 e. The van der Waals surface area contributed by atoms with Crippen molar-refractivity contribution in [1.82, 2.24) is 29.6 Å². The van der Waals surface area contributed by atoms with Crippen LogP contribution in [0.15, 0.2) is 41.7 Å². The molecule has 1 aliphatic heterocycles. The molecule has 0 atom stereocenters. The van der Waals surface area contributed by atoms with E-state index in [1.807, 2.05) is 12.1 Å². The molecular weight excluding hydrogens is 384 g/mol. The Labute approximate surface area is 173 Å². The van der Waals surface area contributed by atoms with Gasteiger partial charge in [-0.05, 0) is 56.8 Å². The van der Waals surface area contributed by atoms with Crippen molar-refractivity contribution in [2.45, 2.75) is 44.7 Å². The van der Waals surface area contributed by atoms with Crippen molar-refractivity contribution in [2.75, 3.05) is 13.1 Å². The highest BCUT2D eigenvalue weighted by Gasteiger charge is 2.28. The first-order chi connectivity index (χ1) is 14.2. The normalized spacial score (nSPS) is 18.2. The number of rotatable bonds is 6. The number of likely N-dealkylation sites (tertiary alicyclic amines) is 1. The molecule has 0 aromatic carbocycles. The molecule has 29 heavy (non-hydrogen) atoms. The fourth-order valence-corrected chi connectivity index (χ4v) is 4.91. The van der Waals surface area contributed by atoms with Gasteiger partial charge in [0.2, 0.25) is 0 Å². The lowest BCUT2D eigenvalue weighted by atomic mass is 9.97. The topological polar surface area (TPSA) is 76.8 Å². The molecule has 2 aliphatic rings. The van der Waals surface area contributed by atoms with Crippen LogP contribution < -0.4 is 5.56 Å². The van der Waals surface area contributed by atoms with Crippen molar-refractivity contribution in [1.29, 1.82) is 0 Å². The molecular formula is C21H24N6OS. The van der Waals surface area contributed by atoms with Gasteiger partial charge < -0.3 is 0 Å². The minimum Gasteiger partial charge on any atom is -0.299 e.